The first-order valence-electron chi connectivity index (χ1n) is 8.32. The number of oxime groups is 1. The summed E-state index contributed by atoms with van der Waals surface area (Å²) in [6.45, 7) is 5.14. The normalized spacial score (nSPS) is 11.4. The molecule has 1 heterocycles. The second kappa shape index (κ2) is 8.78. The molecule has 154 valence electrons. The van der Waals surface area contributed by atoms with Crippen molar-refractivity contribution >= 4 is 23.9 Å². The first-order valence-corrected chi connectivity index (χ1v) is 8.73. The number of halogens is 1. The third-order valence-corrected chi connectivity index (χ3v) is 4.61. The van der Waals surface area contributed by atoms with Crippen molar-refractivity contribution in [2.75, 3.05) is 6.61 Å². The van der Waals surface area contributed by atoms with Gasteiger partial charge in [0.1, 0.15) is 12.4 Å². The summed E-state index contributed by atoms with van der Waals surface area (Å²) in [6, 6.07) is 1.95. The maximum atomic E-state index is 14.8. The van der Waals surface area contributed by atoms with Crippen LogP contribution in [0.15, 0.2) is 39.5 Å². The van der Waals surface area contributed by atoms with Gasteiger partial charge in [0.25, 0.3) is 0 Å². The van der Waals surface area contributed by atoms with Crippen LogP contribution in [0.4, 0.5) is 4.39 Å². The van der Waals surface area contributed by atoms with Gasteiger partial charge in [0, 0.05) is 20.5 Å². The molecular formula is C18H19FN4O5S. The van der Waals surface area contributed by atoms with Crippen molar-refractivity contribution in [2.24, 2.45) is 19.3 Å². The minimum absolute atomic E-state index is 0.0665. The molecule has 0 fully saturated rings. The Hall–Kier alpha value is -3.34. The van der Waals surface area contributed by atoms with E-state index in [0.29, 0.717) is 10.3 Å². The van der Waals surface area contributed by atoms with Crippen LogP contribution in [0.2, 0.25) is 0 Å². The second-order valence-corrected chi connectivity index (χ2v) is 6.48. The Kier molecular flexibility index (Phi) is 6.64. The highest BCUT2D eigenvalue weighted by atomic mass is 32.1. The van der Waals surface area contributed by atoms with E-state index in [1.807, 2.05) is 0 Å². The third kappa shape index (κ3) is 4.24. The van der Waals surface area contributed by atoms with Crippen LogP contribution >= 0.6 is 12.2 Å². The van der Waals surface area contributed by atoms with Crippen LogP contribution in [-0.2, 0) is 25.4 Å². The summed E-state index contributed by atoms with van der Waals surface area (Å²) < 4.78 is 17.3. The van der Waals surface area contributed by atoms with Gasteiger partial charge in [0.2, 0.25) is 0 Å². The van der Waals surface area contributed by atoms with Crippen LogP contribution in [0, 0.1) is 10.6 Å². The molecule has 0 radical (unpaired) electrons. The molecule has 0 aliphatic heterocycles. The molecule has 29 heavy (non-hydrogen) atoms. The van der Waals surface area contributed by atoms with Crippen molar-refractivity contribution in [3.8, 4) is 5.69 Å². The Balaban J connectivity index is 2.89. The van der Waals surface area contributed by atoms with Gasteiger partial charge in [0.05, 0.1) is 17.0 Å². The zero-order valence-corrected chi connectivity index (χ0v) is 16.8. The molecule has 0 atom stereocenters. The summed E-state index contributed by atoms with van der Waals surface area (Å²) in [5, 5.41) is 13.4. The molecule has 9 nitrogen and oxygen atoms in total. The lowest BCUT2D eigenvalue weighted by Gasteiger charge is -2.16. The SMILES string of the molecule is C=CCON=C(C)Cc1c(C(=O)O)ccc(F)c1-n1c(=O)n(C)c(=S)n(C)c1=O. The molecule has 1 aromatic heterocycles. The average Bonchev–Trinajstić information content (AvgIpc) is 2.67. The van der Waals surface area contributed by atoms with Crippen molar-refractivity contribution in [1.29, 1.82) is 0 Å². The van der Waals surface area contributed by atoms with Gasteiger partial charge >= 0.3 is 17.3 Å². The first kappa shape index (κ1) is 22.0. The van der Waals surface area contributed by atoms with Crippen LogP contribution in [0.3, 0.4) is 0 Å². The van der Waals surface area contributed by atoms with E-state index in [9.17, 15) is 23.9 Å². The summed E-state index contributed by atoms with van der Waals surface area (Å²) in [6.07, 6.45) is 1.29. The number of carbonyl (C=O) groups is 1. The van der Waals surface area contributed by atoms with Crippen molar-refractivity contribution in [1.82, 2.24) is 13.7 Å². The van der Waals surface area contributed by atoms with Crippen molar-refractivity contribution < 1.29 is 19.1 Å². The minimum Gasteiger partial charge on any atom is -0.478 e. The van der Waals surface area contributed by atoms with E-state index >= 15 is 0 Å². The molecule has 0 bridgehead atoms. The van der Waals surface area contributed by atoms with Crippen LogP contribution in [0.25, 0.3) is 5.69 Å². The number of hydrogen-bond donors (Lipinski definition) is 1. The molecule has 0 aliphatic rings. The number of carboxylic acids is 1. The van der Waals surface area contributed by atoms with Crippen LogP contribution in [-0.4, -0.2) is 37.1 Å². The number of carboxylic acid groups (broad SMARTS) is 1. The number of benzene rings is 1. The molecule has 0 saturated heterocycles. The van der Waals surface area contributed by atoms with Gasteiger partial charge in [-0.25, -0.2) is 23.3 Å². The molecule has 11 heteroatoms. The Labute approximate surface area is 169 Å². The largest absolute Gasteiger partial charge is 0.478 e. The van der Waals surface area contributed by atoms with Gasteiger partial charge in [0.15, 0.2) is 4.77 Å². The van der Waals surface area contributed by atoms with E-state index in [2.05, 4.69) is 11.7 Å². The highest BCUT2D eigenvalue weighted by Crippen LogP contribution is 2.22. The quantitative estimate of drug-likeness (QED) is 0.239. The predicted molar refractivity (Wildman–Crippen MR) is 107 cm³/mol. The van der Waals surface area contributed by atoms with E-state index in [-0.39, 0.29) is 28.9 Å². The standard InChI is InChI=1S/C18H19FN4O5S/c1-5-8-28-20-10(2)9-12-11(15(24)25)6-7-13(19)14(12)23-16(26)21(3)18(29)22(4)17(23)27/h5-7H,1,8-9H2,2-4H3,(H,24,25). The van der Waals surface area contributed by atoms with E-state index in [4.69, 9.17) is 17.1 Å². The lowest BCUT2D eigenvalue weighted by atomic mass is 9.99. The van der Waals surface area contributed by atoms with E-state index in [0.717, 1.165) is 21.3 Å². The Bertz CT molecular complexity index is 1150. The molecule has 1 N–H and O–H groups in total. The minimum atomic E-state index is -1.35. The molecule has 0 saturated carbocycles. The maximum Gasteiger partial charge on any atom is 0.338 e. The van der Waals surface area contributed by atoms with Gasteiger partial charge in [-0.1, -0.05) is 17.8 Å². The number of aromatic nitrogens is 3. The summed E-state index contributed by atoms with van der Waals surface area (Å²) in [5.41, 5.74) is -2.36. The maximum absolute atomic E-state index is 14.8. The van der Waals surface area contributed by atoms with Crippen LogP contribution in [0.5, 0.6) is 0 Å². The fourth-order valence-electron chi connectivity index (χ4n) is 2.68. The van der Waals surface area contributed by atoms with Gasteiger partial charge in [-0.2, -0.15) is 0 Å². The average molecular weight is 422 g/mol. The summed E-state index contributed by atoms with van der Waals surface area (Å²) in [4.78, 5) is 42.1. The molecular weight excluding hydrogens is 403 g/mol. The zero-order chi connectivity index (χ0) is 21.9. The molecule has 0 unspecified atom stereocenters. The van der Waals surface area contributed by atoms with Gasteiger partial charge in [-0.05, 0) is 36.8 Å². The molecule has 0 spiro atoms. The summed E-state index contributed by atoms with van der Waals surface area (Å²) in [5.74, 6) is -2.30. The lowest BCUT2D eigenvalue weighted by Crippen LogP contribution is -2.44. The molecule has 2 rings (SSSR count). The number of rotatable bonds is 7. The topological polar surface area (TPSA) is 108 Å². The molecule has 1 aromatic carbocycles. The van der Waals surface area contributed by atoms with Crippen molar-refractivity contribution in [2.45, 2.75) is 13.3 Å². The Morgan fingerprint density at radius 1 is 1.31 bits per heavy atom. The van der Waals surface area contributed by atoms with Crippen molar-refractivity contribution in [3.63, 3.8) is 0 Å². The fraction of sp³-hybridized carbons (Fsp3) is 0.278. The van der Waals surface area contributed by atoms with Crippen LogP contribution < -0.4 is 11.4 Å². The van der Waals surface area contributed by atoms with Gasteiger partial charge < -0.3 is 9.94 Å². The smallest absolute Gasteiger partial charge is 0.338 e. The van der Waals surface area contributed by atoms with Crippen LogP contribution in [0.1, 0.15) is 22.8 Å². The Morgan fingerprint density at radius 2 is 1.90 bits per heavy atom. The number of hydrogen-bond acceptors (Lipinski definition) is 6. The number of aromatic carboxylic acids is 1. The molecule has 0 amide bonds. The molecule has 2 aromatic rings. The highest BCUT2D eigenvalue weighted by Gasteiger charge is 2.24. The second-order valence-electron chi connectivity index (χ2n) is 6.12. The van der Waals surface area contributed by atoms with Crippen molar-refractivity contribution in [3.05, 3.63) is 67.5 Å². The zero-order valence-electron chi connectivity index (χ0n) is 16.0. The first-order chi connectivity index (χ1) is 13.6. The lowest BCUT2D eigenvalue weighted by molar-refractivity contribution is 0.0695. The third-order valence-electron chi connectivity index (χ3n) is 4.06. The molecule has 0 aliphatic carbocycles. The predicted octanol–water partition coefficient (Wildman–Crippen LogP) is 1.56. The van der Waals surface area contributed by atoms with E-state index < -0.39 is 28.9 Å². The monoisotopic (exact) mass is 422 g/mol. The highest BCUT2D eigenvalue weighted by molar-refractivity contribution is 7.71. The van der Waals surface area contributed by atoms with E-state index in [1.165, 1.54) is 27.1 Å². The summed E-state index contributed by atoms with van der Waals surface area (Å²) in [7, 11) is 2.66. The van der Waals surface area contributed by atoms with Gasteiger partial charge in [-0.15, -0.1) is 0 Å². The number of nitrogens with zero attached hydrogens (tertiary/aromatic N) is 4. The fourth-order valence-corrected chi connectivity index (χ4v) is 2.84. The Morgan fingerprint density at radius 3 is 2.41 bits per heavy atom. The summed E-state index contributed by atoms with van der Waals surface area (Å²) >= 11 is 5.02. The van der Waals surface area contributed by atoms with E-state index in [1.54, 1.807) is 0 Å². The van der Waals surface area contributed by atoms with Gasteiger partial charge in [-0.3, -0.25) is 9.13 Å².